The first-order valence-electron chi connectivity index (χ1n) is 12.1. The third kappa shape index (κ3) is 9.33. The highest BCUT2D eigenvalue weighted by molar-refractivity contribution is 5.30. The van der Waals surface area contributed by atoms with Gasteiger partial charge in [-0.1, -0.05) is 99.1 Å². The van der Waals surface area contributed by atoms with Crippen molar-refractivity contribution in [1.82, 2.24) is 0 Å². The smallest absolute Gasteiger partial charge is 0.00185 e. The van der Waals surface area contributed by atoms with Crippen LogP contribution in [0.2, 0.25) is 0 Å². The van der Waals surface area contributed by atoms with E-state index in [1.54, 1.807) is 0 Å². The molecule has 3 unspecified atom stereocenters. The van der Waals surface area contributed by atoms with Crippen molar-refractivity contribution in [1.29, 1.82) is 0 Å². The van der Waals surface area contributed by atoms with E-state index in [1.165, 1.54) is 48.0 Å². The standard InChI is InChI=1S/C30H44/c1-23(2)7-9-25(5)11-13-27-15-19-29(20-16-27)30-21-17-28(18-22-30)14-12-26(6)10-8-24(3)4/h7,9,12,14-17,19-21,24,26,28,30H,8,10-11,13,18,22H2,1-6H3/b14-12+,25-9+. The number of rotatable bonds is 10. The van der Waals surface area contributed by atoms with Gasteiger partial charge in [-0.05, 0) is 81.8 Å². The summed E-state index contributed by atoms with van der Waals surface area (Å²) in [5.74, 6) is 2.72. The van der Waals surface area contributed by atoms with Gasteiger partial charge in [0.05, 0.1) is 0 Å². The summed E-state index contributed by atoms with van der Waals surface area (Å²) >= 11 is 0. The van der Waals surface area contributed by atoms with Gasteiger partial charge in [0.2, 0.25) is 0 Å². The fraction of sp³-hybridized carbons (Fsp3) is 0.533. The van der Waals surface area contributed by atoms with Gasteiger partial charge < -0.3 is 0 Å². The SMILES string of the molecule is CC(C)=C/C=C(\C)CCc1ccc(C2C=CC(/C=C/C(C)CCC(C)C)CC2)cc1. The van der Waals surface area contributed by atoms with Crippen molar-refractivity contribution >= 4 is 0 Å². The molecule has 30 heavy (non-hydrogen) atoms. The fourth-order valence-electron chi connectivity index (χ4n) is 3.97. The lowest BCUT2D eigenvalue weighted by Gasteiger charge is -2.22. The van der Waals surface area contributed by atoms with E-state index in [9.17, 15) is 0 Å². The summed E-state index contributed by atoms with van der Waals surface area (Å²) in [6.45, 7) is 13.5. The molecule has 1 aliphatic carbocycles. The van der Waals surface area contributed by atoms with Crippen molar-refractivity contribution < 1.29 is 0 Å². The second-order valence-corrected chi connectivity index (χ2v) is 10.1. The van der Waals surface area contributed by atoms with E-state index >= 15 is 0 Å². The Balaban J connectivity index is 1.83. The van der Waals surface area contributed by atoms with Gasteiger partial charge in [-0.2, -0.15) is 0 Å². The average molecular weight is 405 g/mol. The molecule has 1 aromatic carbocycles. The van der Waals surface area contributed by atoms with Gasteiger partial charge in [-0.3, -0.25) is 0 Å². The molecular formula is C30H44. The highest BCUT2D eigenvalue weighted by Crippen LogP contribution is 2.31. The molecule has 0 saturated carbocycles. The van der Waals surface area contributed by atoms with Crippen molar-refractivity contribution in [2.24, 2.45) is 17.8 Å². The monoisotopic (exact) mass is 404 g/mol. The van der Waals surface area contributed by atoms with E-state index in [2.05, 4.69) is 102 Å². The number of hydrogen-bond donors (Lipinski definition) is 0. The van der Waals surface area contributed by atoms with E-state index in [4.69, 9.17) is 0 Å². The van der Waals surface area contributed by atoms with Gasteiger partial charge >= 0.3 is 0 Å². The summed E-state index contributed by atoms with van der Waals surface area (Å²) in [6, 6.07) is 9.37. The number of aryl methyl sites for hydroxylation is 1. The quantitative estimate of drug-likeness (QED) is 0.269. The Labute approximate surface area is 186 Å². The molecule has 0 nitrogen and oxygen atoms in total. The summed E-state index contributed by atoms with van der Waals surface area (Å²) in [5.41, 5.74) is 5.73. The van der Waals surface area contributed by atoms with Crippen molar-refractivity contribution in [2.45, 2.75) is 86.0 Å². The molecule has 1 aliphatic rings. The van der Waals surface area contributed by atoms with Crippen LogP contribution in [0.25, 0.3) is 0 Å². The molecule has 0 aromatic heterocycles. The Kier molecular flexibility index (Phi) is 10.4. The highest BCUT2D eigenvalue weighted by Gasteiger charge is 2.15. The summed E-state index contributed by atoms with van der Waals surface area (Å²) in [6.07, 6.45) is 21.7. The zero-order valence-corrected chi connectivity index (χ0v) is 20.3. The van der Waals surface area contributed by atoms with Crippen LogP contribution >= 0.6 is 0 Å². The summed E-state index contributed by atoms with van der Waals surface area (Å²) < 4.78 is 0. The lowest BCUT2D eigenvalue weighted by Crippen LogP contribution is -2.06. The largest absolute Gasteiger partial charge is 0.0851 e. The van der Waals surface area contributed by atoms with Crippen LogP contribution < -0.4 is 0 Å². The van der Waals surface area contributed by atoms with Crippen LogP contribution in [-0.2, 0) is 6.42 Å². The molecule has 0 spiro atoms. The Hall–Kier alpha value is -1.82. The zero-order chi connectivity index (χ0) is 21.9. The van der Waals surface area contributed by atoms with Gasteiger partial charge in [-0.15, -0.1) is 0 Å². The summed E-state index contributed by atoms with van der Waals surface area (Å²) in [5, 5.41) is 0. The van der Waals surface area contributed by atoms with Gasteiger partial charge in [0, 0.05) is 5.92 Å². The van der Waals surface area contributed by atoms with Crippen LogP contribution in [0.4, 0.5) is 0 Å². The molecule has 0 fully saturated rings. The van der Waals surface area contributed by atoms with Crippen LogP contribution in [-0.4, -0.2) is 0 Å². The van der Waals surface area contributed by atoms with Crippen LogP contribution in [0.3, 0.4) is 0 Å². The van der Waals surface area contributed by atoms with Crippen molar-refractivity contribution in [2.75, 3.05) is 0 Å². The normalized spacial score (nSPS) is 20.7. The predicted molar refractivity (Wildman–Crippen MR) is 135 cm³/mol. The van der Waals surface area contributed by atoms with Gasteiger partial charge in [-0.25, -0.2) is 0 Å². The molecule has 0 heterocycles. The molecule has 0 radical (unpaired) electrons. The second kappa shape index (κ2) is 12.8. The van der Waals surface area contributed by atoms with Crippen LogP contribution in [0, 0.1) is 17.8 Å². The van der Waals surface area contributed by atoms with E-state index in [0.717, 1.165) is 18.8 Å². The maximum absolute atomic E-state index is 2.45. The third-order valence-corrected chi connectivity index (χ3v) is 6.20. The molecule has 0 amide bonds. The third-order valence-electron chi connectivity index (χ3n) is 6.20. The summed E-state index contributed by atoms with van der Waals surface area (Å²) in [7, 11) is 0. The van der Waals surface area contributed by atoms with E-state index in [0.29, 0.717) is 17.8 Å². The van der Waals surface area contributed by atoms with E-state index in [-0.39, 0.29) is 0 Å². The van der Waals surface area contributed by atoms with Crippen LogP contribution in [0.15, 0.2) is 71.9 Å². The molecule has 0 bridgehead atoms. The molecule has 3 atom stereocenters. The van der Waals surface area contributed by atoms with Gasteiger partial charge in [0.1, 0.15) is 0 Å². The van der Waals surface area contributed by atoms with E-state index in [1.807, 2.05) is 0 Å². The lowest BCUT2D eigenvalue weighted by atomic mass is 9.83. The van der Waals surface area contributed by atoms with Gasteiger partial charge in [0.15, 0.2) is 0 Å². The van der Waals surface area contributed by atoms with Crippen molar-refractivity contribution in [3.63, 3.8) is 0 Å². The van der Waals surface area contributed by atoms with Crippen LogP contribution in [0.5, 0.6) is 0 Å². The molecular weight excluding hydrogens is 360 g/mol. The molecule has 0 saturated heterocycles. The topological polar surface area (TPSA) is 0 Å². The minimum absolute atomic E-state index is 0.585. The summed E-state index contributed by atoms with van der Waals surface area (Å²) in [4.78, 5) is 0. The molecule has 2 rings (SSSR count). The molecule has 0 aliphatic heterocycles. The molecule has 164 valence electrons. The maximum Gasteiger partial charge on any atom is 0.00185 e. The minimum Gasteiger partial charge on any atom is -0.0851 e. The van der Waals surface area contributed by atoms with Crippen molar-refractivity contribution in [3.05, 3.63) is 83.0 Å². The highest BCUT2D eigenvalue weighted by atomic mass is 14.2. The second-order valence-electron chi connectivity index (χ2n) is 10.1. The predicted octanol–water partition coefficient (Wildman–Crippen LogP) is 9.21. The first kappa shape index (κ1) is 24.4. The van der Waals surface area contributed by atoms with Crippen LogP contribution in [0.1, 0.15) is 90.7 Å². The molecule has 0 N–H and O–H groups in total. The number of benzene rings is 1. The number of hydrogen-bond acceptors (Lipinski definition) is 0. The maximum atomic E-state index is 2.45. The lowest BCUT2D eigenvalue weighted by molar-refractivity contribution is 0.499. The Bertz CT molecular complexity index is 735. The van der Waals surface area contributed by atoms with Crippen molar-refractivity contribution in [3.8, 4) is 0 Å². The fourth-order valence-corrected chi connectivity index (χ4v) is 3.97. The molecule has 1 aromatic rings. The Morgan fingerprint density at radius 2 is 1.67 bits per heavy atom. The number of allylic oxidation sites excluding steroid dienone is 8. The first-order chi connectivity index (χ1) is 14.3. The first-order valence-corrected chi connectivity index (χ1v) is 12.1. The Morgan fingerprint density at radius 3 is 2.27 bits per heavy atom. The van der Waals surface area contributed by atoms with Gasteiger partial charge in [0.25, 0.3) is 0 Å². The molecule has 0 heteroatoms. The average Bonchev–Trinajstić information content (AvgIpc) is 2.74. The Morgan fingerprint density at radius 1 is 0.933 bits per heavy atom. The zero-order valence-electron chi connectivity index (χ0n) is 20.3. The minimum atomic E-state index is 0.585. The van der Waals surface area contributed by atoms with E-state index < -0.39 is 0 Å².